The molecule has 9 aromatic rings. The number of allylic oxidation sites excluding steroid dienone is 1. The van der Waals surface area contributed by atoms with E-state index in [0.717, 1.165) is 22.6 Å². The second-order valence-corrected chi connectivity index (χ2v) is 19.8. The molecule has 0 radical (unpaired) electrons. The molecule has 2 N–H and O–H groups in total. The van der Waals surface area contributed by atoms with E-state index in [1.807, 2.05) is 24.3 Å². The zero-order chi connectivity index (χ0) is 58.3. The largest absolute Gasteiger partial charge is 2.00 e. The average molecular weight is 1210 g/mol. The molecule has 0 atom stereocenters. The number of nitrogens with one attached hydrogen (secondary N) is 2. The van der Waals surface area contributed by atoms with Gasteiger partial charge in [0, 0.05) is 76.4 Å². The molecular weight excluding hydrogens is 1170 g/mol. The van der Waals surface area contributed by atoms with Gasteiger partial charge in [0.1, 0.15) is 23.0 Å². The number of ether oxygens (including phenoxy) is 3. The molecule has 5 aromatic carbocycles. The molecule has 14 nitrogen and oxygen atoms in total. The van der Waals surface area contributed by atoms with Gasteiger partial charge in [-0.3, -0.25) is 34.7 Å². The maximum Gasteiger partial charge on any atom is 2.00 e. The first-order chi connectivity index (χ1) is 39.4. The minimum atomic E-state index is -4.83. The third-order valence-electron chi connectivity index (χ3n) is 14.1. The van der Waals surface area contributed by atoms with Crippen LogP contribution in [0.15, 0.2) is 182 Å². The Morgan fingerprint density at radius 2 is 1.02 bits per heavy atom. The van der Waals surface area contributed by atoms with Gasteiger partial charge >= 0.3 is 25.7 Å². The summed E-state index contributed by atoms with van der Waals surface area (Å²) in [4.78, 5) is 51.0. The molecule has 4 aromatic heterocycles. The van der Waals surface area contributed by atoms with E-state index in [4.69, 9.17) is 30.8 Å². The molecule has 0 amide bonds. The summed E-state index contributed by atoms with van der Waals surface area (Å²) in [7, 11) is 0. The van der Waals surface area contributed by atoms with Crippen molar-refractivity contribution in [1.82, 2.24) is 19.9 Å². The smallest absolute Gasteiger partial charge is 0.753 e. The van der Waals surface area contributed by atoms with Crippen molar-refractivity contribution in [3.05, 3.63) is 221 Å². The molecule has 83 heavy (non-hydrogen) atoms. The summed E-state index contributed by atoms with van der Waals surface area (Å²) in [5.74, 6) is 0.760. The summed E-state index contributed by atoms with van der Waals surface area (Å²) in [6.07, 6.45) is 0.0139. The van der Waals surface area contributed by atoms with Gasteiger partial charge in [-0.25, -0.2) is 4.98 Å². The van der Waals surface area contributed by atoms with E-state index in [1.54, 1.807) is 12.1 Å². The number of halogens is 3. The summed E-state index contributed by atoms with van der Waals surface area (Å²) < 4.78 is 53.5. The quantitative estimate of drug-likeness (QED) is 0.0467. The molecular formula is C64H47F3N8O6RuS. The molecule has 2 aliphatic rings. The van der Waals surface area contributed by atoms with Crippen LogP contribution in [0.2, 0.25) is 0 Å². The van der Waals surface area contributed by atoms with Crippen LogP contribution in [0.1, 0.15) is 55.6 Å². The fourth-order valence-corrected chi connectivity index (χ4v) is 10.2. The zero-order valence-electron chi connectivity index (χ0n) is 44.6. The van der Waals surface area contributed by atoms with Crippen LogP contribution in [-0.2, 0) is 44.7 Å². The van der Waals surface area contributed by atoms with Gasteiger partial charge in [-0.15, -0.1) is 5.70 Å². The standard InChI is InChI=1S/C45H36F3N4.C18H11N3O6.CNS.Ru/c1-43(2)37-12-8-6-10-33(37)35-24-30(18-20-38(35)43)52(31-17-19-34-32-9-5-7-11-36(32)44(3,4)39(34)25-31)29-15-13-27(14-16-29)28-21-22-51-41(23-28)40(49)26-42(50)45(46,47)48;22-9-25-12-1-3-19-15(5-12)17-7-14(27-11-24)8-18(21-17)16-6-13(26-10-23)2-4-20-16;2-1-3;/h5-26,49-50H,1-4H3;1-11H;;/q-1;;-1;+2/b40-26-,50-42?;;;. The first-order valence-electron chi connectivity index (χ1n) is 25.1. The summed E-state index contributed by atoms with van der Waals surface area (Å²) in [6.45, 7) is 9.99. The van der Waals surface area contributed by atoms with E-state index in [1.165, 1.54) is 105 Å². The molecule has 0 spiro atoms. The predicted octanol–water partition coefficient (Wildman–Crippen LogP) is 15.3. The number of carbonyl (C=O) groups is 3. The van der Waals surface area contributed by atoms with Crippen molar-refractivity contribution in [3.8, 4) is 73.4 Å². The van der Waals surface area contributed by atoms with E-state index in [-0.39, 0.29) is 59.7 Å². The van der Waals surface area contributed by atoms with Gasteiger partial charge in [0.2, 0.25) is 0 Å². The number of carbonyl (C=O) groups excluding carboxylic acids is 3. The maximum absolute atomic E-state index is 13.0. The van der Waals surface area contributed by atoms with Crippen molar-refractivity contribution in [1.29, 1.82) is 5.41 Å². The third-order valence-corrected chi connectivity index (χ3v) is 14.1. The minimum Gasteiger partial charge on any atom is -0.753 e. The van der Waals surface area contributed by atoms with Crippen molar-refractivity contribution in [2.24, 2.45) is 0 Å². The fourth-order valence-electron chi connectivity index (χ4n) is 10.2. The Hall–Kier alpha value is -9.67. The first-order valence-corrected chi connectivity index (χ1v) is 25.5. The van der Waals surface area contributed by atoms with Crippen molar-refractivity contribution >= 4 is 65.3 Å². The molecule has 0 aliphatic heterocycles. The first kappa shape index (κ1) is 59.5. The second kappa shape index (κ2) is 25.0. The average Bonchev–Trinajstić information content (AvgIpc) is 2.65. The number of fused-ring (bicyclic) bond motifs is 6. The Morgan fingerprint density at radius 1 is 0.566 bits per heavy atom. The molecule has 0 unspecified atom stereocenters. The van der Waals surface area contributed by atoms with Crippen LogP contribution in [0, 0.1) is 5.41 Å². The van der Waals surface area contributed by atoms with Crippen LogP contribution in [0.25, 0.3) is 73.0 Å². The van der Waals surface area contributed by atoms with Crippen LogP contribution >= 0.6 is 12.2 Å². The molecule has 11 rings (SSSR count). The van der Waals surface area contributed by atoms with Crippen LogP contribution in [0.3, 0.4) is 0 Å². The molecule has 19 heteroatoms. The van der Waals surface area contributed by atoms with Crippen molar-refractivity contribution < 1.29 is 61.2 Å². The summed E-state index contributed by atoms with van der Waals surface area (Å²) >= 11 is 3.70. The van der Waals surface area contributed by atoms with Crippen LogP contribution < -0.4 is 19.1 Å². The van der Waals surface area contributed by atoms with Gasteiger partial charge in [-0.2, -0.15) is 18.3 Å². The van der Waals surface area contributed by atoms with Crippen molar-refractivity contribution in [3.63, 3.8) is 0 Å². The van der Waals surface area contributed by atoms with E-state index >= 15 is 0 Å². The molecule has 0 saturated heterocycles. The SMILES string of the molecule is CC1(C)c2ccccc2-c2cc(N(c3ccc(-c4ccnc(/C([NH-])=C/C(=N)C(F)(F)F)c4)cc3)c3ccc4c(c3)C(C)(C)c3ccccc3-4)ccc21.O=COc1ccnc(-c2cc(OC=O)cc(-c3cc(OC=O)ccn3)n2)c1.[N-]=C=S.[Ru+2]. The molecule has 0 saturated carbocycles. The Kier molecular flexibility index (Phi) is 17.9. The van der Waals surface area contributed by atoms with Crippen molar-refractivity contribution in [2.75, 3.05) is 4.90 Å². The van der Waals surface area contributed by atoms with Gasteiger partial charge in [0.25, 0.3) is 19.4 Å². The molecule has 414 valence electrons. The zero-order valence-corrected chi connectivity index (χ0v) is 47.1. The molecule has 0 fully saturated rings. The monoisotopic (exact) mass is 1210 g/mol. The summed E-state index contributed by atoms with van der Waals surface area (Å²) in [6, 6.07) is 51.1. The van der Waals surface area contributed by atoms with Gasteiger partial charge in [-0.1, -0.05) is 113 Å². The minimum absolute atomic E-state index is 0. The number of benzene rings is 5. The number of nitrogens with zero attached hydrogens (tertiary/aromatic N) is 6. The fraction of sp³-hybridized carbons (Fsp3) is 0.109. The van der Waals surface area contributed by atoms with Gasteiger partial charge in [0.15, 0.2) is 0 Å². The Morgan fingerprint density at radius 3 is 1.59 bits per heavy atom. The number of thiocarbonyl (C=S) groups is 1. The number of hydrogen-bond donors (Lipinski definition) is 1. The maximum atomic E-state index is 13.0. The number of anilines is 3. The number of rotatable bonds is 14. The number of aromatic nitrogens is 4. The van der Waals surface area contributed by atoms with Crippen LogP contribution in [0.5, 0.6) is 17.2 Å². The summed E-state index contributed by atoms with van der Waals surface area (Å²) in [5.41, 5.74) is 22.0. The van der Waals surface area contributed by atoms with Gasteiger partial charge in [-0.05, 0) is 122 Å². The number of alkyl halides is 3. The predicted molar refractivity (Wildman–Crippen MR) is 312 cm³/mol. The van der Waals surface area contributed by atoms with Crippen LogP contribution in [-0.4, -0.2) is 56.4 Å². The molecule has 4 heterocycles. The molecule has 0 bridgehead atoms. The van der Waals surface area contributed by atoms with Crippen molar-refractivity contribution in [2.45, 2.75) is 44.7 Å². The Bertz CT molecular complexity index is 3950. The number of isothiocyanates is 1. The Balaban J connectivity index is 0.000000245. The topological polar surface area (TPSA) is 204 Å². The van der Waals surface area contributed by atoms with E-state index in [2.05, 4.69) is 150 Å². The van der Waals surface area contributed by atoms with Gasteiger partial charge in [0.05, 0.1) is 22.8 Å². The number of pyridine rings is 4. The normalized spacial score (nSPS) is 12.7. The Labute approximate surface area is 493 Å². The van der Waals surface area contributed by atoms with Crippen LogP contribution in [0.4, 0.5) is 30.2 Å². The van der Waals surface area contributed by atoms with E-state index in [0.29, 0.717) is 47.4 Å². The second-order valence-electron chi connectivity index (χ2n) is 19.6. The van der Waals surface area contributed by atoms with Gasteiger partial charge < -0.3 is 30.3 Å². The third kappa shape index (κ3) is 12.5. The molecule has 2 aliphatic carbocycles. The number of hydrogen-bond acceptors (Lipinski definition) is 13. The van der Waals surface area contributed by atoms with E-state index < -0.39 is 17.6 Å². The summed E-state index contributed by atoms with van der Waals surface area (Å²) in [5, 5.41) is 15.7. The van der Waals surface area contributed by atoms with E-state index in [9.17, 15) is 27.6 Å².